The predicted octanol–water partition coefficient (Wildman–Crippen LogP) is 2.91. The van der Waals surface area contributed by atoms with Crippen molar-refractivity contribution in [3.63, 3.8) is 0 Å². The molecule has 0 N–H and O–H groups in total. The van der Waals surface area contributed by atoms with Gasteiger partial charge in [0.1, 0.15) is 5.75 Å². The molecule has 0 amide bonds. The van der Waals surface area contributed by atoms with E-state index in [0.717, 1.165) is 11.3 Å². The SMILES string of the molecule is COC(=O)c1ccccc1C(=O)Cc1ccc(OC)cc1. The van der Waals surface area contributed by atoms with Gasteiger partial charge in [-0.25, -0.2) is 4.79 Å². The average molecular weight is 284 g/mol. The Bertz CT molecular complexity index is 644. The molecule has 0 spiro atoms. The molecular weight excluding hydrogens is 268 g/mol. The number of Topliss-reactive ketones (excluding diaryl/α,β-unsaturated/α-hetero) is 1. The Morgan fingerprint density at radius 1 is 0.905 bits per heavy atom. The van der Waals surface area contributed by atoms with Gasteiger partial charge in [-0.1, -0.05) is 30.3 Å². The second-order valence-corrected chi connectivity index (χ2v) is 4.49. The number of hydrogen-bond acceptors (Lipinski definition) is 4. The molecule has 0 bridgehead atoms. The number of esters is 1. The Labute approximate surface area is 123 Å². The van der Waals surface area contributed by atoms with Crippen molar-refractivity contribution in [3.05, 3.63) is 65.2 Å². The fourth-order valence-corrected chi connectivity index (χ4v) is 2.04. The number of carbonyl (C=O) groups is 2. The first-order valence-electron chi connectivity index (χ1n) is 6.49. The Hall–Kier alpha value is -2.62. The van der Waals surface area contributed by atoms with Gasteiger partial charge in [-0.2, -0.15) is 0 Å². The van der Waals surface area contributed by atoms with Gasteiger partial charge in [-0.15, -0.1) is 0 Å². The number of carbonyl (C=O) groups excluding carboxylic acids is 2. The van der Waals surface area contributed by atoms with Gasteiger partial charge in [-0.3, -0.25) is 4.79 Å². The third-order valence-electron chi connectivity index (χ3n) is 3.16. The number of rotatable bonds is 5. The summed E-state index contributed by atoms with van der Waals surface area (Å²) in [5, 5.41) is 0. The van der Waals surface area contributed by atoms with E-state index in [1.807, 2.05) is 12.1 Å². The summed E-state index contributed by atoms with van der Waals surface area (Å²) >= 11 is 0. The first kappa shape index (κ1) is 14.8. The lowest BCUT2D eigenvalue weighted by Crippen LogP contribution is -2.12. The maximum atomic E-state index is 12.4. The largest absolute Gasteiger partial charge is 0.497 e. The van der Waals surface area contributed by atoms with E-state index in [2.05, 4.69) is 0 Å². The highest BCUT2D eigenvalue weighted by Crippen LogP contribution is 2.16. The van der Waals surface area contributed by atoms with Gasteiger partial charge in [0.15, 0.2) is 5.78 Å². The maximum absolute atomic E-state index is 12.4. The zero-order chi connectivity index (χ0) is 15.2. The molecule has 0 aliphatic heterocycles. The monoisotopic (exact) mass is 284 g/mol. The van der Waals surface area contributed by atoms with Gasteiger partial charge in [0.25, 0.3) is 0 Å². The smallest absolute Gasteiger partial charge is 0.338 e. The third-order valence-corrected chi connectivity index (χ3v) is 3.16. The Kier molecular flexibility index (Phi) is 4.72. The molecule has 0 atom stereocenters. The molecule has 2 rings (SSSR count). The summed E-state index contributed by atoms with van der Waals surface area (Å²) in [5.41, 5.74) is 1.53. The van der Waals surface area contributed by atoms with Gasteiger partial charge < -0.3 is 9.47 Å². The lowest BCUT2D eigenvalue weighted by molar-refractivity contribution is 0.0597. The number of methoxy groups -OCH3 is 2. The molecule has 0 aliphatic rings. The molecule has 0 aromatic heterocycles. The van der Waals surface area contributed by atoms with E-state index < -0.39 is 5.97 Å². The van der Waals surface area contributed by atoms with Crippen LogP contribution in [0.1, 0.15) is 26.3 Å². The molecule has 2 aromatic carbocycles. The second-order valence-electron chi connectivity index (χ2n) is 4.49. The zero-order valence-electron chi connectivity index (χ0n) is 12.0. The lowest BCUT2D eigenvalue weighted by atomic mass is 9.98. The first-order valence-corrected chi connectivity index (χ1v) is 6.49. The molecule has 2 aromatic rings. The van der Waals surface area contributed by atoms with Crippen LogP contribution in [0.5, 0.6) is 5.75 Å². The highest BCUT2D eigenvalue weighted by atomic mass is 16.5. The van der Waals surface area contributed by atoms with Crippen molar-refractivity contribution in [2.24, 2.45) is 0 Å². The molecular formula is C17H16O4. The van der Waals surface area contributed by atoms with Crippen molar-refractivity contribution in [2.75, 3.05) is 14.2 Å². The van der Waals surface area contributed by atoms with Crippen LogP contribution in [-0.4, -0.2) is 26.0 Å². The van der Waals surface area contributed by atoms with Crippen molar-refractivity contribution >= 4 is 11.8 Å². The lowest BCUT2D eigenvalue weighted by Gasteiger charge is -2.07. The summed E-state index contributed by atoms with van der Waals surface area (Å²) in [4.78, 5) is 24.1. The first-order chi connectivity index (χ1) is 10.2. The van der Waals surface area contributed by atoms with Crippen LogP contribution >= 0.6 is 0 Å². The topological polar surface area (TPSA) is 52.6 Å². The van der Waals surface area contributed by atoms with Crippen LogP contribution in [0.2, 0.25) is 0 Å². The van der Waals surface area contributed by atoms with E-state index in [9.17, 15) is 9.59 Å². The number of benzene rings is 2. The second kappa shape index (κ2) is 6.70. The maximum Gasteiger partial charge on any atom is 0.338 e. The van der Waals surface area contributed by atoms with Crippen LogP contribution in [0, 0.1) is 0 Å². The van der Waals surface area contributed by atoms with Gasteiger partial charge in [-0.05, 0) is 23.8 Å². The van der Waals surface area contributed by atoms with Gasteiger partial charge in [0.2, 0.25) is 0 Å². The summed E-state index contributed by atoms with van der Waals surface area (Å²) in [6.45, 7) is 0. The number of hydrogen-bond donors (Lipinski definition) is 0. The minimum atomic E-state index is -0.506. The number of ether oxygens (including phenoxy) is 2. The molecule has 0 fully saturated rings. The molecule has 0 saturated carbocycles. The highest BCUT2D eigenvalue weighted by molar-refractivity contribution is 6.07. The van der Waals surface area contributed by atoms with E-state index in [4.69, 9.17) is 9.47 Å². The molecule has 21 heavy (non-hydrogen) atoms. The minimum absolute atomic E-state index is 0.124. The fraction of sp³-hybridized carbons (Fsp3) is 0.176. The van der Waals surface area contributed by atoms with E-state index >= 15 is 0 Å². The molecule has 4 heteroatoms. The summed E-state index contributed by atoms with van der Waals surface area (Å²) in [6.07, 6.45) is 0.220. The van der Waals surface area contributed by atoms with Crippen LogP contribution < -0.4 is 4.74 Å². The van der Waals surface area contributed by atoms with Gasteiger partial charge >= 0.3 is 5.97 Å². The van der Waals surface area contributed by atoms with Gasteiger partial charge in [0.05, 0.1) is 19.8 Å². The van der Waals surface area contributed by atoms with Crippen LogP contribution in [0.15, 0.2) is 48.5 Å². The van der Waals surface area contributed by atoms with Crippen molar-refractivity contribution in [3.8, 4) is 5.75 Å². The highest BCUT2D eigenvalue weighted by Gasteiger charge is 2.17. The summed E-state index contributed by atoms with van der Waals surface area (Å²) < 4.78 is 9.78. The van der Waals surface area contributed by atoms with E-state index in [-0.39, 0.29) is 12.2 Å². The van der Waals surface area contributed by atoms with Crippen molar-refractivity contribution in [1.82, 2.24) is 0 Å². The molecule has 108 valence electrons. The van der Waals surface area contributed by atoms with Crippen LogP contribution in [-0.2, 0) is 11.2 Å². The molecule has 0 aliphatic carbocycles. The Morgan fingerprint density at radius 3 is 2.10 bits per heavy atom. The minimum Gasteiger partial charge on any atom is -0.497 e. The predicted molar refractivity (Wildman–Crippen MR) is 78.8 cm³/mol. The van der Waals surface area contributed by atoms with Crippen LogP contribution in [0.25, 0.3) is 0 Å². The third kappa shape index (κ3) is 3.48. The molecule has 0 radical (unpaired) electrons. The Balaban J connectivity index is 2.22. The zero-order valence-corrected chi connectivity index (χ0v) is 12.0. The van der Waals surface area contributed by atoms with Gasteiger partial charge in [0, 0.05) is 12.0 Å². The molecule has 0 heterocycles. The average Bonchev–Trinajstić information content (AvgIpc) is 2.54. The molecule has 4 nitrogen and oxygen atoms in total. The van der Waals surface area contributed by atoms with Crippen molar-refractivity contribution in [2.45, 2.75) is 6.42 Å². The normalized spacial score (nSPS) is 10.0. The van der Waals surface area contributed by atoms with Crippen molar-refractivity contribution in [1.29, 1.82) is 0 Å². The van der Waals surface area contributed by atoms with E-state index in [1.54, 1.807) is 43.5 Å². The van der Waals surface area contributed by atoms with Crippen LogP contribution in [0.3, 0.4) is 0 Å². The summed E-state index contributed by atoms with van der Waals surface area (Å²) in [6, 6.07) is 13.9. The summed E-state index contributed by atoms with van der Waals surface area (Å²) in [7, 11) is 2.89. The fourth-order valence-electron chi connectivity index (χ4n) is 2.04. The van der Waals surface area contributed by atoms with E-state index in [1.165, 1.54) is 7.11 Å². The van der Waals surface area contributed by atoms with Crippen LogP contribution in [0.4, 0.5) is 0 Å². The molecule has 0 saturated heterocycles. The summed E-state index contributed by atoms with van der Waals surface area (Å²) in [5.74, 6) is 0.107. The number of ketones is 1. The van der Waals surface area contributed by atoms with Crippen molar-refractivity contribution < 1.29 is 19.1 Å². The Morgan fingerprint density at radius 2 is 1.52 bits per heavy atom. The quantitative estimate of drug-likeness (QED) is 0.626. The molecule has 0 unspecified atom stereocenters. The standard InChI is InChI=1S/C17H16O4/c1-20-13-9-7-12(8-10-13)11-16(18)14-5-3-4-6-15(14)17(19)21-2/h3-10H,11H2,1-2H3. The van der Waals surface area contributed by atoms with E-state index in [0.29, 0.717) is 11.1 Å².